The van der Waals surface area contributed by atoms with Crippen molar-refractivity contribution in [1.29, 1.82) is 0 Å². The second-order valence-electron chi connectivity index (χ2n) is 6.24. The highest BCUT2D eigenvalue weighted by Gasteiger charge is 2.75. The number of rotatable bonds is 1. The molecule has 1 heterocycles. The fraction of sp³-hybridized carbons (Fsp3) is 0.769. The molecule has 2 bridgehead atoms. The molecule has 0 N–H and O–H groups in total. The van der Waals surface area contributed by atoms with E-state index in [0.29, 0.717) is 12.8 Å². The van der Waals surface area contributed by atoms with Gasteiger partial charge in [-0.15, -0.1) is 0 Å². The average Bonchev–Trinajstić information content (AvgIpc) is 2.40. The Kier molecular flexibility index (Phi) is 2.42. The lowest BCUT2D eigenvalue weighted by Crippen LogP contribution is -2.61. The van der Waals surface area contributed by atoms with Gasteiger partial charge in [0.25, 0.3) is 0 Å². The fourth-order valence-corrected chi connectivity index (χ4v) is 3.38. The van der Waals surface area contributed by atoms with Gasteiger partial charge in [-0.25, -0.2) is 0 Å². The summed E-state index contributed by atoms with van der Waals surface area (Å²) in [4.78, 5) is 38.0. The number of amides is 1. The van der Waals surface area contributed by atoms with Crippen LogP contribution in [0.3, 0.4) is 0 Å². The summed E-state index contributed by atoms with van der Waals surface area (Å²) in [6, 6.07) is 0. The van der Waals surface area contributed by atoms with E-state index >= 15 is 0 Å². The molecule has 0 radical (unpaired) electrons. The molecule has 5 heteroatoms. The zero-order chi connectivity index (χ0) is 13.9. The van der Waals surface area contributed by atoms with Crippen molar-refractivity contribution in [3.63, 3.8) is 0 Å². The SMILES string of the molecule is CN(C)C(=O)C12CCC(C)(C(=O)OC1=O)C2(C)C. The van der Waals surface area contributed by atoms with E-state index in [2.05, 4.69) is 0 Å². The first-order valence-electron chi connectivity index (χ1n) is 6.10. The van der Waals surface area contributed by atoms with Crippen molar-refractivity contribution in [1.82, 2.24) is 4.90 Å². The number of hydrogen-bond donors (Lipinski definition) is 0. The van der Waals surface area contributed by atoms with Crippen molar-refractivity contribution in [2.75, 3.05) is 14.1 Å². The molecule has 1 aliphatic heterocycles. The Morgan fingerprint density at radius 3 is 2.17 bits per heavy atom. The molecule has 2 rings (SSSR count). The molecule has 2 unspecified atom stereocenters. The molecule has 0 spiro atoms. The number of esters is 2. The fourth-order valence-electron chi connectivity index (χ4n) is 3.38. The van der Waals surface area contributed by atoms with Crippen LogP contribution in [0.25, 0.3) is 0 Å². The molecule has 1 saturated carbocycles. The molecule has 2 atom stereocenters. The molecule has 1 amide bonds. The van der Waals surface area contributed by atoms with Crippen LogP contribution in [0.4, 0.5) is 0 Å². The van der Waals surface area contributed by atoms with Gasteiger partial charge in [-0.2, -0.15) is 0 Å². The van der Waals surface area contributed by atoms with Crippen molar-refractivity contribution in [2.45, 2.75) is 33.6 Å². The van der Waals surface area contributed by atoms with E-state index < -0.39 is 28.2 Å². The Morgan fingerprint density at radius 1 is 1.11 bits per heavy atom. The van der Waals surface area contributed by atoms with Crippen LogP contribution in [0.5, 0.6) is 0 Å². The highest BCUT2D eigenvalue weighted by atomic mass is 16.6. The van der Waals surface area contributed by atoms with E-state index in [1.165, 1.54) is 4.90 Å². The van der Waals surface area contributed by atoms with E-state index in [0.717, 1.165) is 0 Å². The highest BCUT2D eigenvalue weighted by Crippen LogP contribution is 2.66. The van der Waals surface area contributed by atoms with Gasteiger partial charge in [-0.1, -0.05) is 13.8 Å². The van der Waals surface area contributed by atoms with Crippen LogP contribution in [0.15, 0.2) is 0 Å². The molecule has 2 fully saturated rings. The summed E-state index contributed by atoms with van der Waals surface area (Å²) in [6.45, 7) is 5.42. The largest absolute Gasteiger partial charge is 0.392 e. The maximum atomic E-state index is 12.5. The second-order valence-corrected chi connectivity index (χ2v) is 6.24. The smallest absolute Gasteiger partial charge is 0.329 e. The summed E-state index contributed by atoms with van der Waals surface area (Å²) < 4.78 is 4.86. The molecule has 5 nitrogen and oxygen atoms in total. The standard InChI is InChI=1S/C13H19NO4/c1-11(2)12(3)6-7-13(11,8(15)14(4)5)10(17)18-9(12)16/h6-7H2,1-5H3. The Bertz CT molecular complexity index is 454. The predicted octanol–water partition coefficient (Wildman–Crippen LogP) is 0.971. The molecule has 0 aromatic rings. The van der Waals surface area contributed by atoms with Gasteiger partial charge in [-0.05, 0) is 19.8 Å². The van der Waals surface area contributed by atoms with Gasteiger partial charge in [0.05, 0.1) is 5.41 Å². The second kappa shape index (κ2) is 3.33. The predicted molar refractivity (Wildman–Crippen MR) is 63.3 cm³/mol. The van der Waals surface area contributed by atoms with Crippen LogP contribution < -0.4 is 0 Å². The zero-order valence-corrected chi connectivity index (χ0v) is 11.5. The average molecular weight is 253 g/mol. The Hall–Kier alpha value is -1.39. The van der Waals surface area contributed by atoms with Crippen LogP contribution in [0.2, 0.25) is 0 Å². The van der Waals surface area contributed by atoms with Crippen molar-refractivity contribution in [3.8, 4) is 0 Å². The quantitative estimate of drug-likeness (QED) is 0.516. The van der Waals surface area contributed by atoms with Crippen molar-refractivity contribution in [3.05, 3.63) is 0 Å². The third-order valence-electron chi connectivity index (χ3n) is 5.20. The van der Waals surface area contributed by atoms with E-state index in [-0.39, 0.29) is 5.91 Å². The summed E-state index contributed by atoms with van der Waals surface area (Å²) in [5, 5.41) is 0. The maximum Gasteiger partial charge on any atom is 0.329 e. The van der Waals surface area contributed by atoms with Gasteiger partial charge in [0.15, 0.2) is 5.41 Å². The number of cyclic esters (lactones) is 2. The molecule has 0 aromatic heterocycles. The van der Waals surface area contributed by atoms with E-state index in [9.17, 15) is 14.4 Å². The highest BCUT2D eigenvalue weighted by molar-refractivity contribution is 6.10. The van der Waals surface area contributed by atoms with Crippen LogP contribution >= 0.6 is 0 Å². The molecule has 100 valence electrons. The first-order valence-corrected chi connectivity index (χ1v) is 6.10. The third kappa shape index (κ3) is 1.10. The summed E-state index contributed by atoms with van der Waals surface area (Å²) in [5.41, 5.74) is -2.72. The minimum atomic E-state index is -1.22. The number of nitrogens with zero attached hydrogens (tertiary/aromatic N) is 1. The van der Waals surface area contributed by atoms with Gasteiger partial charge in [0.2, 0.25) is 5.91 Å². The number of hydrogen-bond acceptors (Lipinski definition) is 4. The molecule has 0 aromatic carbocycles. The maximum absolute atomic E-state index is 12.5. The van der Waals surface area contributed by atoms with Crippen LogP contribution in [0.1, 0.15) is 33.6 Å². The third-order valence-corrected chi connectivity index (χ3v) is 5.20. The van der Waals surface area contributed by atoms with Crippen molar-refractivity contribution in [2.24, 2.45) is 16.2 Å². The molecule has 1 aliphatic carbocycles. The minimum Gasteiger partial charge on any atom is -0.392 e. The molecule has 2 aliphatic rings. The Balaban J connectivity index is 2.64. The van der Waals surface area contributed by atoms with Gasteiger partial charge < -0.3 is 9.64 Å². The monoisotopic (exact) mass is 253 g/mol. The van der Waals surface area contributed by atoms with Crippen LogP contribution in [-0.4, -0.2) is 36.8 Å². The lowest BCUT2D eigenvalue weighted by atomic mass is 9.57. The summed E-state index contributed by atoms with van der Waals surface area (Å²) in [5.74, 6) is -1.46. The molecule has 18 heavy (non-hydrogen) atoms. The minimum absolute atomic E-state index is 0.270. The summed E-state index contributed by atoms with van der Waals surface area (Å²) >= 11 is 0. The topological polar surface area (TPSA) is 63.7 Å². The molecule has 1 saturated heterocycles. The van der Waals surface area contributed by atoms with E-state index in [4.69, 9.17) is 4.74 Å². The summed E-state index contributed by atoms with van der Waals surface area (Å²) in [6.07, 6.45) is 0.877. The number of fused-ring (bicyclic) bond motifs is 2. The van der Waals surface area contributed by atoms with Gasteiger partial charge in [-0.3, -0.25) is 14.4 Å². The first-order chi connectivity index (χ1) is 8.11. The van der Waals surface area contributed by atoms with Crippen LogP contribution in [-0.2, 0) is 19.1 Å². The van der Waals surface area contributed by atoms with E-state index in [1.54, 1.807) is 21.0 Å². The van der Waals surface area contributed by atoms with Crippen molar-refractivity contribution >= 4 is 17.8 Å². The number of carbonyl (C=O) groups is 3. The number of ether oxygens (including phenoxy) is 1. The Labute approximate surface area is 106 Å². The normalized spacial score (nSPS) is 37.4. The lowest BCUT2D eigenvalue weighted by molar-refractivity contribution is -0.198. The molecular weight excluding hydrogens is 234 g/mol. The van der Waals surface area contributed by atoms with Gasteiger partial charge in [0, 0.05) is 19.5 Å². The molecular formula is C13H19NO4. The zero-order valence-electron chi connectivity index (χ0n) is 11.5. The van der Waals surface area contributed by atoms with Crippen molar-refractivity contribution < 1.29 is 19.1 Å². The van der Waals surface area contributed by atoms with Gasteiger partial charge in [0.1, 0.15) is 0 Å². The van der Waals surface area contributed by atoms with Crippen LogP contribution in [0, 0.1) is 16.2 Å². The summed E-state index contributed by atoms with van der Waals surface area (Å²) in [7, 11) is 3.24. The Morgan fingerprint density at radius 2 is 1.67 bits per heavy atom. The first kappa shape index (κ1) is 13.1. The van der Waals surface area contributed by atoms with E-state index in [1.807, 2.05) is 13.8 Å². The number of carbonyl (C=O) groups excluding carboxylic acids is 3. The lowest BCUT2D eigenvalue weighted by Gasteiger charge is -2.48. The van der Waals surface area contributed by atoms with Gasteiger partial charge >= 0.3 is 11.9 Å².